The first-order chi connectivity index (χ1) is 9.85. The van der Waals surface area contributed by atoms with Gasteiger partial charge in [-0.05, 0) is 64.7 Å². The normalized spacial score (nSPS) is 19.0. The monoisotopic (exact) mass is 306 g/mol. The predicted molar refractivity (Wildman–Crippen MR) is 82.9 cm³/mol. The summed E-state index contributed by atoms with van der Waals surface area (Å²) in [6, 6.07) is 0. The van der Waals surface area contributed by atoms with Crippen LogP contribution < -0.4 is 0 Å². The van der Waals surface area contributed by atoms with E-state index in [-0.39, 0.29) is 6.10 Å². The molecule has 0 saturated carbocycles. The van der Waals surface area contributed by atoms with Crippen molar-refractivity contribution >= 4 is 0 Å². The molecule has 0 saturated heterocycles. The first kappa shape index (κ1) is 20.8. The van der Waals surface area contributed by atoms with Crippen molar-refractivity contribution in [2.75, 3.05) is 0 Å². The van der Waals surface area contributed by atoms with Crippen molar-refractivity contribution in [1.29, 1.82) is 0 Å². The lowest BCUT2D eigenvalue weighted by Crippen LogP contribution is -2.18. The van der Waals surface area contributed by atoms with Crippen molar-refractivity contribution in [2.24, 2.45) is 0 Å². The summed E-state index contributed by atoms with van der Waals surface area (Å²) in [5.74, 6) is 0. The van der Waals surface area contributed by atoms with Crippen molar-refractivity contribution < 1.29 is 25.5 Å². The van der Waals surface area contributed by atoms with Gasteiger partial charge in [0.25, 0.3) is 0 Å². The predicted octanol–water partition coefficient (Wildman–Crippen LogP) is 1.34. The van der Waals surface area contributed by atoms with E-state index in [0.717, 1.165) is 0 Å². The Morgan fingerprint density at radius 2 is 0.810 bits per heavy atom. The molecule has 0 aliphatic carbocycles. The van der Waals surface area contributed by atoms with Gasteiger partial charge in [-0.15, -0.1) is 0 Å². The molecule has 0 spiro atoms. The zero-order valence-electron chi connectivity index (χ0n) is 13.5. The molecule has 128 valence electrons. The Labute approximate surface area is 128 Å². The van der Waals surface area contributed by atoms with Crippen molar-refractivity contribution in [2.45, 2.75) is 102 Å². The van der Waals surface area contributed by atoms with Gasteiger partial charge in [0.1, 0.15) is 0 Å². The van der Waals surface area contributed by atoms with E-state index in [1.54, 1.807) is 6.92 Å². The van der Waals surface area contributed by atoms with Gasteiger partial charge >= 0.3 is 0 Å². The Kier molecular flexibility index (Phi) is 12.2. The second-order valence-electron chi connectivity index (χ2n) is 6.18. The van der Waals surface area contributed by atoms with Crippen molar-refractivity contribution in [3.8, 4) is 0 Å². The van der Waals surface area contributed by atoms with Crippen LogP contribution in [0.25, 0.3) is 0 Å². The van der Waals surface area contributed by atoms with E-state index in [1.807, 2.05) is 6.92 Å². The molecule has 5 unspecified atom stereocenters. The van der Waals surface area contributed by atoms with E-state index in [9.17, 15) is 20.4 Å². The van der Waals surface area contributed by atoms with Gasteiger partial charge in [0.15, 0.2) is 0 Å². The van der Waals surface area contributed by atoms with Crippen LogP contribution in [-0.4, -0.2) is 56.1 Å². The van der Waals surface area contributed by atoms with Crippen LogP contribution in [0, 0.1) is 0 Å². The number of hydrogen-bond donors (Lipinski definition) is 5. The summed E-state index contributed by atoms with van der Waals surface area (Å²) < 4.78 is 0. The fraction of sp³-hybridized carbons (Fsp3) is 1.00. The molecule has 0 amide bonds. The summed E-state index contributed by atoms with van der Waals surface area (Å²) in [4.78, 5) is 0. The summed E-state index contributed by atoms with van der Waals surface area (Å²) in [6.45, 7) is 3.60. The van der Waals surface area contributed by atoms with E-state index in [0.29, 0.717) is 57.8 Å². The highest BCUT2D eigenvalue weighted by atomic mass is 16.3. The van der Waals surface area contributed by atoms with Crippen molar-refractivity contribution in [3.05, 3.63) is 0 Å². The third kappa shape index (κ3) is 13.2. The molecule has 0 aromatic heterocycles. The minimum atomic E-state index is -0.517. The van der Waals surface area contributed by atoms with Gasteiger partial charge in [-0.2, -0.15) is 0 Å². The quantitative estimate of drug-likeness (QED) is 0.353. The molecule has 0 rings (SSSR count). The molecule has 5 nitrogen and oxygen atoms in total. The van der Waals surface area contributed by atoms with E-state index in [1.165, 1.54) is 0 Å². The van der Waals surface area contributed by atoms with Gasteiger partial charge in [-0.3, -0.25) is 0 Å². The summed E-state index contributed by atoms with van der Waals surface area (Å²) in [5, 5.41) is 47.8. The van der Waals surface area contributed by atoms with Crippen molar-refractivity contribution in [3.63, 3.8) is 0 Å². The standard InChI is InChI=1S/C16H34O5/c1-3-13(18)6-7-15(20)10-11-16(21)9-8-14(19)5-4-12(2)17/h12-21H,3-11H2,1-2H3. The number of rotatable bonds is 13. The summed E-state index contributed by atoms with van der Waals surface area (Å²) in [6.07, 6.45) is 2.74. The smallest absolute Gasteiger partial charge is 0.0542 e. The maximum Gasteiger partial charge on any atom is 0.0542 e. The highest BCUT2D eigenvalue weighted by Gasteiger charge is 2.13. The van der Waals surface area contributed by atoms with E-state index >= 15 is 0 Å². The number of aliphatic hydroxyl groups excluding tert-OH is 5. The van der Waals surface area contributed by atoms with Crippen LogP contribution in [0.4, 0.5) is 0 Å². The lowest BCUT2D eigenvalue weighted by atomic mass is 9.99. The lowest BCUT2D eigenvalue weighted by molar-refractivity contribution is 0.0703. The van der Waals surface area contributed by atoms with Crippen LogP contribution in [-0.2, 0) is 0 Å². The van der Waals surface area contributed by atoms with Crippen LogP contribution in [0.3, 0.4) is 0 Å². The maximum atomic E-state index is 9.83. The Balaban J connectivity index is 3.62. The highest BCUT2D eigenvalue weighted by Crippen LogP contribution is 2.15. The molecule has 21 heavy (non-hydrogen) atoms. The third-order valence-corrected chi connectivity index (χ3v) is 3.89. The zero-order valence-corrected chi connectivity index (χ0v) is 13.5. The molecule has 0 aromatic rings. The summed E-state index contributed by atoms with van der Waals surface area (Å²) in [5.41, 5.74) is 0. The molecule has 5 N–H and O–H groups in total. The van der Waals surface area contributed by atoms with Gasteiger partial charge in [0, 0.05) is 0 Å². The largest absolute Gasteiger partial charge is 0.393 e. The summed E-state index contributed by atoms with van der Waals surface area (Å²) >= 11 is 0. The Morgan fingerprint density at radius 1 is 0.524 bits per heavy atom. The SMILES string of the molecule is CCC(O)CCC(O)CCC(O)CCC(O)CCC(C)O. The van der Waals surface area contributed by atoms with Gasteiger partial charge in [0.05, 0.1) is 30.5 Å². The van der Waals surface area contributed by atoms with Gasteiger partial charge in [-0.1, -0.05) is 6.92 Å². The number of hydrogen-bond acceptors (Lipinski definition) is 5. The molecule has 5 heteroatoms. The Hall–Kier alpha value is -0.200. The molecule has 0 aliphatic rings. The molecule has 0 fully saturated rings. The first-order valence-corrected chi connectivity index (χ1v) is 8.25. The average Bonchev–Trinajstić information content (AvgIpc) is 2.45. The van der Waals surface area contributed by atoms with Crippen LogP contribution in [0.15, 0.2) is 0 Å². The highest BCUT2D eigenvalue weighted by molar-refractivity contribution is 4.66. The second-order valence-corrected chi connectivity index (χ2v) is 6.18. The van der Waals surface area contributed by atoms with Gasteiger partial charge in [0.2, 0.25) is 0 Å². The first-order valence-electron chi connectivity index (χ1n) is 8.25. The second kappa shape index (κ2) is 12.4. The minimum absolute atomic E-state index is 0.353. The van der Waals surface area contributed by atoms with E-state index in [4.69, 9.17) is 5.11 Å². The molecule has 0 heterocycles. The van der Waals surface area contributed by atoms with Crippen LogP contribution in [0.2, 0.25) is 0 Å². The molecular weight excluding hydrogens is 272 g/mol. The molecule has 0 radical (unpaired) electrons. The van der Waals surface area contributed by atoms with E-state index < -0.39 is 24.4 Å². The lowest BCUT2D eigenvalue weighted by Gasteiger charge is -2.17. The average molecular weight is 306 g/mol. The molecule has 5 atom stereocenters. The maximum absolute atomic E-state index is 9.83. The molecule has 0 bridgehead atoms. The molecular formula is C16H34O5. The van der Waals surface area contributed by atoms with Gasteiger partial charge in [-0.25, -0.2) is 0 Å². The fourth-order valence-corrected chi connectivity index (χ4v) is 2.23. The molecule has 0 aromatic carbocycles. The minimum Gasteiger partial charge on any atom is -0.393 e. The Morgan fingerprint density at radius 3 is 1.10 bits per heavy atom. The van der Waals surface area contributed by atoms with Gasteiger partial charge < -0.3 is 25.5 Å². The third-order valence-electron chi connectivity index (χ3n) is 3.89. The number of aliphatic hydroxyl groups is 5. The molecule has 0 aliphatic heterocycles. The Bertz CT molecular complexity index is 235. The zero-order chi connectivity index (χ0) is 16.3. The van der Waals surface area contributed by atoms with Crippen LogP contribution in [0.5, 0.6) is 0 Å². The topological polar surface area (TPSA) is 101 Å². The van der Waals surface area contributed by atoms with Crippen LogP contribution >= 0.6 is 0 Å². The van der Waals surface area contributed by atoms with Crippen molar-refractivity contribution in [1.82, 2.24) is 0 Å². The van der Waals surface area contributed by atoms with E-state index in [2.05, 4.69) is 0 Å². The summed E-state index contributed by atoms with van der Waals surface area (Å²) in [7, 11) is 0. The fourth-order valence-electron chi connectivity index (χ4n) is 2.23. The van der Waals surface area contributed by atoms with Crippen LogP contribution in [0.1, 0.15) is 71.6 Å².